The highest BCUT2D eigenvalue weighted by molar-refractivity contribution is 6.24. The summed E-state index contributed by atoms with van der Waals surface area (Å²) >= 11 is 0. The van der Waals surface area contributed by atoms with Crippen LogP contribution in [0.1, 0.15) is 57.2 Å². The second-order valence-corrected chi connectivity index (χ2v) is 15.9. The summed E-state index contributed by atoms with van der Waals surface area (Å²) < 4.78 is 91.8. The lowest BCUT2D eigenvalue weighted by Gasteiger charge is -2.34. The van der Waals surface area contributed by atoms with Gasteiger partial charge in [0.2, 0.25) is 23.6 Å². The number of fused-ring (bicyclic) bond motifs is 10. The van der Waals surface area contributed by atoms with Gasteiger partial charge in [-0.15, -0.1) is 0 Å². The Bertz CT molecular complexity index is 2030. The largest absolute Gasteiger partial charge is 0.417 e. The zero-order valence-electron chi connectivity index (χ0n) is 30.2. The summed E-state index contributed by atoms with van der Waals surface area (Å²) in [6.07, 6.45) is -8.82. The lowest BCUT2D eigenvalue weighted by molar-refractivity contribution is -0.138. The minimum absolute atomic E-state index is 0.212. The number of imide groups is 2. The second kappa shape index (κ2) is 12.3. The highest BCUT2D eigenvalue weighted by atomic mass is 19.4. The van der Waals surface area contributed by atoms with Crippen molar-refractivity contribution in [3.63, 3.8) is 0 Å². The molecule has 6 heterocycles. The summed E-state index contributed by atoms with van der Waals surface area (Å²) in [6, 6.07) is 7.07. The first-order valence-corrected chi connectivity index (χ1v) is 17.5. The molecule has 0 radical (unpaired) electrons. The van der Waals surface area contributed by atoms with Crippen molar-refractivity contribution in [3.05, 3.63) is 64.5 Å². The van der Waals surface area contributed by atoms with Gasteiger partial charge in [0.05, 0.1) is 81.1 Å². The average Bonchev–Trinajstić information content (AvgIpc) is 3.87. The van der Waals surface area contributed by atoms with Gasteiger partial charge in [0, 0.05) is 30.7 Å². The van der Waals surface area contributed by atoms with Crippen LogP contribution in [0.5, 0.6) is 0 Å². The summed E-state index contributed by atoms with van der Waals surface area (Å²) in [4.78, 5) is 56.8. The number of carbonyl (C=O) groups excluding carboxylic acids is 4. The summed E-state index contributed by atoms with van der Waals surface area (Å²) in [5, 5.41) is 28.3. The zero-order chi connectivity index (χ0) is 41.3. The number of anilines is 2. The number of ether oxygens (including phenoxy) is 2. The van der Waals surface area contributed by atoms with E-state index in [4.69, 9.17) is 21.3 Å². The molecule has 0 spiro atoms. The van der Waals surface area contributed by atoms with E-state index < -0.39 is 104 Å². The summed E-state index contributed by atoms with van der Waals surface area (Å²) in [5.74, 6) is -6.57. The van der Waals surface area contributed by atoms with E-state index in [1.54, 1.807) is 27.7 Å². The molecule has 6 aliphatic heterocycles. The average molecular weight is 789 g/mol. The molecule has 6 saturated heterocycles. The van der Waals surface area contributed by atoms with Crippen molar-refractivity contribution in [2.24, 2.45) is 35.5 Å². The third-order valence-electron chi connectivity index (χ3n) is 12.8. The van der Waals surface area contributed by atoms with E-state index in [-0.39, 0.29) is 36.4 Å². The van der Waals surface area contributed by atoms with E-state index in [0.29, 0.717) is 25.0 Å². The van der Waals surface area contributed by atoms with Crippen LogP contribution in [0.4, 0.5) is 43.4 Å². The van der Waals surface area contributed by atoms with E-state index in [1.165, 1.54) is 18.2 Å². The maximum Gasteiger partial charge on any atom is 0.417 e. The number of nitriles is 1. The zero-order valence-corrected chi connectivity index (χ0v) is 30.2. The molecule has 56 heavy (non-hydrogen) atoms. The van der Waals surface area contributed by atoms with E-state index in [9.17, 15) is 55.7 Å². The molecule has 4 unspecified atom stereocenters. The van der Waals surface area contributed by atoms with E-state index in [1.807, 2.05) is 0 Å². The standard InChI is InChI=1S/2C19H17F3N2O4/c1-17-7-9(8-25)18(2,28-17)14-13(17)15(26)24(16(14)27)10-4-5-12(23-3)11(6-10)19(20,21)22;1-17-6-10(8-25)18(2,28-17)14-13(17)15(26)24(16(14)27)11-4-3-9(7-23)12(5-11)19(20,21)22/h4-6,9,13-14,25H,7-8H2,1-2H3;3-5,10,13-14,25H,6,8H2,1-2H3/t9-,13+,14-,17?,18?;10-,13+,14-,17?,18?/m11/s1. The molecule has 2 N–H and O–H groups in total. The van der Waals surface area contributed by atoms with E-state index in [0.717, 1.165) is 21.9 Å². The normalized spacial score (nSPS) is 36.8. The molecule has 4 bridgehead atoms. The molecule has 2 aromatic rings. The Hall–Kier alpha value is -4.88. The van der Waals surface area contributed by atoms with Crippen LogP contribution in [0.15, 0.2) is 36.4 Å². The molecule has 10 atom stereocenters. The van der Waals surface area contributed by atoms with Gasteiger partial charge in [0.1, 0.15) is 0 Å². The highest BCUT2D eigenvalue weighted by Gasteiger charge is 2.76. The van der Waals surface area contributed by atoms with Crippen molar-refractivity contribution in [1.82, 2.24) is 0 Å². The molecular weight excluding hydrogens is 754 g/mol. The van der Waals surface area contributed by atoms with Gasteiger partial charge in [0.15, 0.2) is 5.69 Å². The third-order valence-corrected chi connectivity index (χ3v) is 12.8. The molecule has 0 aromatic heterocycles. The highest BCUT2D eigenvalue weighted by Crippen LogP contribution is 2.64. The van der Waals surface area contributed by atoms with Gasteiger partial charge in [-0.1, -0.05) is 6.07 Å². The van der Waals surface area contributed by atoms with Crippen molar-refractivity contribution >= 4 is 40.7 Å². The fraction of sp³-hybridized carbons (Fsp3) is 0.526. The Kier molecular flexibility index (Phi) is 8.65. The number of hydrogen-bond acceptors (Lipinski definition) is 9. The fourth-order valence-electron chi connectivity index (χ4n) is 10.4. The molecule has 0 aliphatic carbocycles. The molecule has 6 fully saturated rings. The molecule has 18 heteroatoms. The van der Waals surface area contributed by atoms with Gasteiger partial charge in [-0.05, 0) is 70.9 Å². The van der Waals surface area contributed by atoms with Crippen molar-refractivity contribution in [3.8, 4) is 6.07 Å². The third kappa shape index (κ3) is 5.25. The Morgan fingerprint density at radius 1 is 0.732 bits per heavy atom. The number of hydrogen-bond donors (Lipinski definition) is 2. The molecule has 296 valence electrons. The molecule has 12 nitrogen and oxygen atoms in total. The molecule has 4 amide bonds. The Balaban J connectivity index is 0.000000172. The molecular formula is C38H34F6N4O8. The first-order chi connectivity index (χ1) is 26.0. The number of aliphatic hydroxyl groups is 2. The molecule has 6 aliphatic rings. The quantitative estimate of drug-likeness (QED) is 0.242. The SMILES string of the molecule is CC12C[C@H](CO)C(C)(O1)[C@H]1C(=O)N(c3ccc(C#N)c(C(F)(F)F)c3)C(=O)[C@H]12.[C-]#[N+]c1ccc(N2C(=O)[C@@H]3[C@H](C2=O)C2(C)OC3(C)C[C@@H]2CO)cc1C(F)(F)F. The van der Waals surface area contributed by atoms with Gasteiger partial charge in [0.25, 0.3) is 0 Å². The predicted octanol–water partition coefficient (Wildman–Crippen LogP) is 5.16. The Morgan fingerprint density at radius 3 is 1.50 bits per heavy atom. The minimum Gasteiger partial charge on any atom is -0.396 e. The van der Waals surface area contributed by atoms with Crippen LogP contribution in [0.25, 0.3) is 4.85 Å². The van der Waals surface area contributed by atoms with Gasteiger partial charge in [-0.3, -0.25) is 19.2 Å². The summed E-state index contributed by atoms with van der Waals surface area (Å²) in [5.41, 5.74) is -8.05. The number of alkyl halides is 6. The lowest BCUT2D eigenvalue weighted by atomic mass is 9.64. The number of halogens is 6. The van der Waals surface area contributed by atoms with E-state index >= 15 is 0 Å². The Labute approximate surface area is 315 Å². The van der Waals surface area contributed by atoms with Crippen molar-refractivity contribution in [1.29, 1.82) is 5.26 Å². The van der Waals surface area contributed by atoms with Crippen molar-refractivity contribution < 1.29 is 65.2 Å². The van der Waals surface area contributed by atoms with Gasteiger partial charge in [-0.2, -0.15) is 31.6 Å². The molecule has 2 aromatic carbocycles. The summed E-state index contributed by atoms with van der Waals surface area (Å²) in [6.45, 7) is 13.2. The monoisotopic (exact) mass is 788 g/mol. The summed E-state index contributed by atoms with van der Waals surface area (Å²) in [7, 11) is 0. The number of amides is 4. The predicted molar refractivity (Wildman–Crippen MR) is 179 cm³/mol. The van der Waals surface area contributed by atoms with Gasteiger partial charge in [-0.25, -0.2) is 14.6 Å². The first-order valence-electron chi connectivity index (χ1n) is 17.5. The number of nitrogens with zero attached hydrogens (tertiary/aromatic N) is 4. The number of aliphatic hydroxyl groups excluding tert-OH is 2. The maximum absolute atomic E-state index is 13.3. The van der Waals surface area contributed by atoms with Crippen LogP contribution in [-0.2, 0) is 41.0 Å². The molecule has 0 saturated carbocycles. The maximum atomic E-state index is 13.3. The smallest absolute Gasteiger partial charge is 0.396 e. The topological polar surface area (TPSA) is 162 Å². The van der Waals surface area contributed by atoms with Gasteiger partial charge < -0.3 is 19.7 Å². The Morgan fingerprint density at radius 2 is 1.12 bits per heavy atom. The van der Waals surface area contributed by atoms with Crippen molar-refractivity contribution in [2.75, 3.05) is 23.0 Å². The second-order valence-electron chi connectivity index (χ2n) is 15.9. The lowest BCUT2D eigenvalue weighted by Crippen LogP contribution is -2.47. The van der Waals surface area contributed by atoms with Crippen molar-refractivity contribution in [2.45, 2.75) is 75.3 Å². The molecule has 8 rings (SSSR count). The van der Waals surface area contributed by atoms with Gasteiger partial charge >= 0.3 is 12.4 Å². The van der Waals surface area contributed by atoms with Crippen LogP contribution in [0.3, 0.4) is 0 Å². The number of carbonyl (C=O) groups is 4. The van der Waals surface area contributed by atoms with Crippen LogP contribution in [-0.4, -0.2) is 69.5 Å². The van der Waals surface area contributed by atoms with Crippen LogP contribution >= 0.6 is 0 Å². The fourth-order valence-corrected chi connectivity index (χ4v) is 10.4. The number of rotatable bonds is 4. The first kappa shape index (κ1) is 39.4. The minimum atomic E-state index is -4.80. The van der Waals surface area contributed by atoms with Crippen LogP contribution in [0, 0.1) is 53.4 Å². The van der Waals surface area contributed by atoms with Crippen LogP contribution < -0.4 is 9.80 Å². The number of benzene rings is 2. The van der Waals surface area contributed by atoms with Crippen LogP contribution in [0.2, 0.25) is 0 Å². The van der Waals surface area contributed by atoms with E-state index in [2.05, 4.69) is 4.85 Å².